The Bertz CT molecular complexity index is 3510. The highest BCUT2D eigenvalue weighted by atomic mass is 16.3. The Kier molecular flexibility index (Phi) is 6.53. The van der Waals surface area contributed by atoms with Gasteiger partial charge in [-0.25, -0.2) is 15.0 Å². The van der Waals surface area contributed by atoms with Crippen molar-refractivity contribution in [2.24, 2.45) is 0 Å². The molecular formula is C50H29N5O. The molecule has 0 atom stereocenters. The molecule has 0 aliphatic heterocycles. The summed E-state index contributed by atoms with van der Waals surface area (Å²) in [7, 11) is 0. The number of aromatic nitrogens is 5. The summed E-state index contributed by atoms with van der Waals surface area (Å²) in [4.78, 5) is 20.5. The van der Waals surface area contributed by atoms with E-state index in [9.17, 15) is 0 Å². The molecule has 0 radical (unpaired) electrons. The van der Waals surface area contributed by atoms with E-state index in [1.807, 2.05) is 30.3 Å². The highest BCUT2D eigenvalue weighted by Gasteiger charge is 2.21. The molecule has 12 rings (SSSR count). The topological polar surface area (TPSA) is 69.6 Å². The van der Waals surface area contributed by atoms with Crippen LogP contribution in [0.3, 0.4) is 0 Å². The van der Waals surface area contributed by atoms with Gasteiger partial charge in [-0.15, -0.1) is 0 Å². The van der Waals surface area contributed by atoms with Gasteiger partial charge in [-0.2, -0.15) is 0 Å². The van der Waals surface area contributed by atoms with Gasteiger partial charge in [0.25, 0.3) is 0 Å². The van der Waals surface area contributed by atoms with Gasteiger partial charge in [0, 0.05) is 39.0 Å². The number of nitrogens with zero attached hydrogens (tertiary/aromatic N) is 5. The molecular weight excluding hydrogens is 687 g/mol. The number of hydrogen-bond donors (Lipinski definition) is 0. The fourth-order valence-corrected chi connectivity index (χ4v) is 8.52. The zero-order chi connectivity index (χ0) is 36.7. The molecule has 0 saturated carbocycles. The van der Waals surface area contributed by atoms with E-state index in [-0.39, 0.29) is 0 Å². The van der Waals surface area contributed by atoms with Crippen molar-refractivity contribution in [3.63, 3.8) is 0 Å². The zero-order valence-corrected chi connectivity index (χ0v) is 29.9. The summed E-state index contributed by atoms with van der Waals surface area (Å²) in [5.74, 6) is 1.72. The number of para-hydroxylation sites is 2. The number of fused-ring (bicyclic) bond motifs is 10. The molecule has 0 aliphatic carbocycles. The van der Waals surface area contributed by atoms with Gasteiger partial charge in [-0.05, 0) is 75.5 Å². The van der Waals surface area contributed by atoms with E-state index in [1.165, 1.54) is 26.9 Å². The molecule has 4 aromatic heterocycles. The summed E-state index contributed by atoms with van der Waals surface area (Å²) >= 11 is 0. The molecule has 0 unspecified atom stereocenters. The number of benzene rings is 8. The van der Waals surface area contributed by atoms with Gasteiger partial charge >= 0.3 is 0 Å². The maximum atomic E-state index is 6.27. The van der Waals surface area contributed by atoms with Crippen molar-refractivity contribution in [1.82, 2.24) is 24.5 Å². The molecule has 8 aromatic carbocycles. The first-order chi connectivity index (χ1) is 27.7. The van der Waals surface area contributed by atoms with Crippen molar-refractivity contribution in [3.8, 4) is 39.9 Å². The highest BCUT2D eigenvalue weighted by molar-refractivity contribution is 6.12. The molecule has 0 amide bonds. The summed E-state index contributed by atoms with van der Waals surface area (Å²) < 4.78 is 8.64. The lowest BCUT2D eigenvalue weighted by Gasteiger charge is -2.15. The zero-order valence-electron chi connectivity index (χ0n) is 29.9. The second-order valence-corrected chi connectivity index (χ2v) is 14.2. The Hall–Kier alpha value is -7.70. The van der Waals surface area contributed by atoms with Crippen LogP contribution in [0.4, 0.5) is 0 Å². The molecule has 0 bridgehead atoms. The molecule has 6 nitrogen and oxygen atoms in total. The lowest BCUT2D eigenvalue weighted by molar-refractivity contribution is 0.668. The Balaban J connectivity index is 1.14. The van der Waals surface area contributed by atoms with E-state index in [2.05, 4.69) is 144 Å². The molecule has 0 fully saturated rings. The first kappa shape index (κ1) is 30.7. The van der Waals surface area contributed by atoms with Gasteiger partial charge in [-0.1, -0.05) is 121 Å². The second-order valence-electron chi connectivity index (χ2n) is 14.2. The number of rotatable bonds is 4. The van der Waals surface area contributed by atoms with Crippen LogP contribution in [0.15, 0.2) is 180 Å². The van der Waals surface area contributed by atoms with Crippen molar-refractivity contribution in [2.75, 3.05) is 0 Å². The SMILES string of the molecule is c1ccc2c(-n3c4ccccc4c4ccccc43)cc(-c3nc(-c4ccc5c(ccc6ccccc65)c4)nc(-c4cccc5oc6cccnc6c45)n3)cc2c1. The third kappa shape index (κ3) is 4.63. The molecule has 0 N–H and O–H groups in total. The van der Waals surface area contributed by atoms with Crippen molar-refractivity contribution in [1.29, 1.82) is 0 Å². The molecule has 0 spiro atoms. The Morgan fingerprint density at radius 3 is 1.84 bits per heavy atom. The first-order valence-corrected chi connectivity index (χ1v) is 18.7. The lowest BCUT2D eigenvalue weighted by atomic mass is 10.00. The summed E-state index contributed by atoms with van der Waals surface area (Å²) in [5, 5.41) is 10.3. The molecule has 4 heterocycles. The fourth-order valence-electron chi connectivity index (χ4n) is 8.52. The van der Waals surface area contributed by atoms with Crippen LogP contribution in [0.5, 0.6) is 0 Å². The van der Waals surface area contributed by atoms with E-state index in [0.717, 1.165) is 71.6 Å². The Morgan fingerprint density at radius 2 is 1.02 bits per heavy atom. The fraction of sp³-hybridized carbons (Fsp3) is 0. The van der Waals surface area contributed by atoms with E-state index in [4.69, 9.17) is 24.4 Å². The summed E-state index contributed by atoms with van der Waals surface area (Å²) in [6.07, 6.45) is 1.79. The summed E-state index contributed by atoms with van der Waals surface area (Å²) in [6, 6.07) is 59.4. The quantitative estimate of drug-likeness (QED) is 0.170. The number of hydrogen-bond acceptors (Lipinski definition) is 5. The van der Waals surface area contributed by atoms with Crippen molar-refractivity contribution in [2.45, 2.75) is 0 Å². The van der Waals surface area contributed by atoms with E-state index >= 15 is 0 Å². The van der Waals surface area contributed by atoms with Gasteiger partial charge in [-0.3, -0.25) is 4.98 Å². The summed E-state index contributed by atoms with van der Waals surface area (Å²) in [6.45, 7) is 0. The first-order valence-electron chi connectivity index (χ1n) is 18.7. The smallest absolute Gasteiger partial charge is 0.164 e. The molecule has 260 valence electrons. The minimum absolute atomic E-state index is 0.550. The molecule has 12 aromatic rings. The average molecular weight is 716 g/mol. The van der Waals surface area contributed by atoms with Crippen LogP contribution in [0.25, 0.3) is 116 Å². The summed E-state index contributed by atoms with van der Waals surface area (Å²) in [5.41, 5.74) is 8.20. The Labute approximate surface area is 320 Å². The molecule has 56 heavy (non-hydrogen) atoms. The molecule has 6 heteroatoms. The van der Waals surface area contributed by atoms with Gasteiger partial charge in [0.15, 0.2) is 23.1 Å². The van der Waals surface area contributed by atoms with Crippen molar-refractivity contribution in [3.05, 3.63) is 176 Å². The maximum Gasteiger partial charge on any atom is 0.164 e. The van der Waals surface area contributed by atoms with Crippen molar-refractivity contribution < 1.29 is 4.42 Å². The second kappa shape index (κ2) is 11.9. The predicted molar refractivity (Wildman–Crippen MR) is 228 cm³/mol. The highest BCUT2D eigenvalue weighted by Crippen LogP contribution is 2.39. The third-order valence-electron chi connectivity index (χ3n) is 11.1. The van der Waals surface area contributed by atoms with Crippen LogP contribution in [-0.4, -0.2) is 24.5 Å². The average Bonchev–Trinajstić information content (AvgIpc) is 3.82. The van der Waals surface area contributed by atoms with Crippen molar-refractivity contribution >= 4 is 76.2 Å². The minimum atomic E-state index is 0.550. The standard InChI is InChI=1S/C50H29N5O/c1-3-13-35-30(11-1)22-23-32-27-33(24-25-36(32)35)48-52-49(54-50(53-48)40-17-9-20-44-46(40)47-45(56-44)21-10-26-51-47)34-28-31-12-2-4-14-37(31)43(29-34)55-41-18-7-5-15-38(41)39-16-6-8-19-42(39)55/h1-29H. The van der Waals surface area contributed by atoms with Crippen LogP contribution < -0.4 is 0 Å². The third-order valence-corrected chi connectivity index (χ3v) is 11.1. The lowest BCUT2D eigenvalue weighted by Crippen LogP contribution is -2.02. The van der Waals surface area contributed by atoms with Gasteiger partial charge < -0.3 is 8.98 Å². The molecule has 0 aliphatic rings. The van der Waals surface area contributed by atoms with Crippen LogP contribution >= 0.6 is 0 Å². The molecule has 0 saturated heterocycles. The predicted octanol–water partition coefficient (Wildman–Crippen LogP) is 12.7. The normalized spacial score (nSPS) is 11.9. The van der Waals surface area contributed by atoms with Gasteiger partial charge in [0.2, 0.25) is 0 Å². The van der Waals surface area contributed by atoms with Crippen LogP contribution in [0.1, 0.15) is 0 Å². The minimum Gasteiger partial charge on any atom is -0.454 e. The van der Waals surface area contributed by atoms with E-state index in [0.29, 0.717) is 17.5 Å². The van der Waals surface area contributed by atoms with Crippen LogP contribution in [0.2, 0.25) is 0 Å². The van der Waals surface area contributed by atoms with Gasteiger partial charge in [0.1, 0.15) is 11.1 Å². The number of pyridine rings is 1. The van der Waals surface area contributed by atoms with E-state index < -0.39 is 0 Å². The van der Waals surface area contributed by atoms with E-state index in [1.54, 1.807) is 6.20 Å². The van der Waals surface area contributed by atoms with Crippen LogP contribution in [0, 0.1) is 0 Å². The monoisotopic (exact) mass is 715 g/mol. The van der Waals surface area contributed by atoms with Crippen LogP contribution in [-0.2, 0) is 0 Å². The maximum absolute atomic E-state index is 6.27. The largest absolute Gasteiger partial charge is 0.454 e. The Morgan fingerprint density at radius 1 is 0.411 bits per heavy atom. The number of furan rings is 1. The van der Waals surface area contributed by atoms with Gasteiger partial charge in [0.05, 0.1) is 22.1 Å².